The molecule has 0 aromatic heterocycles. The highest BCUT2D eigenvalue weighted by atomic mass is 79.9. The number of rotatable bonds is 5. The van der Waals surface area contributed by atoms with Gasteiger partial charge in [-0.2, -0.15) is 0 Å². The molecule has 20 heavy (non-hydrogen) atoms. The molecule has 0 aliphatic carbocycles. The minimum atomic E-state index is -0.212. The standard InChI is InChI=1S/C17H19BrFN/c1-2-17(12-20,14-6-4-3-5-7-14)11-13-8-9-15(18)10-16(13)19/h3-10H,2,11-12,20H2,1H3. The van der Waals surface area contributed by atoms with Crippen molar-refractivity contribution in [2.75, 3.05) is 6.54 Å². The normalized spacial score (nSPS) is 14.0. The molecule has 2 N–H and O–H groups in total. The number of benzene rings is 2. The van der Waals surface area contributed by atoms with E-state index in [2.05, 4.69) is 35.0 Å². The first-order valence-electron chi connectivity index (χ1n) is 6.81. The number of halogens is 2. The van der Waals surface area contributed by atoms with E-state index in [1.54, 1.807) is 0 Å². The fourth-order valence-electron chi connectivity index (χ4n) is 2.59. The summed E-state index contributed by atoms with van der Waals surface area (Å²) >= 11 is 3.29. The van der Waals surface area contributed by atoms with Crippen LogP contribution in [0.15, 0.2) is 53.0 Å². The highest BCUT2D eigenvalue weighted by Gasteiger charge is 2.30. The van der Waals surface area contributed by atoms with Crippen molar-refractivity contribution in [3.8, 4) is 0 Å². The second-order valence-electron chi connectivity index (χ2n) is 5.12. The largest absolute Gasteiger partial charge is 0.330 e. The lowest BCUT2D eigenvalue weighted by molar-refractivity contribution is 0.410. The first-order valence-corrected chi connectivity index (χ1v) is 7.60. The highest BCUT2D eigenvalue weighted by molar-refractivity contribution is 9.10. The van der Waals surface area contributed by atoms with E-state index in [0.29, 0.717) is 18.5 Å². The van der Waals surface area contributed by atoms with E-state index < -0.39 is 0 Å². The maximum absolute atomic E-state index is 14.1. The van der Waals surface area contributed by atoms with Crippen molar-refractivity contribution >= 4 is 15.9 Å². The van der Waals surface area contributed by atoms with Gasteiger partial charge in [-0.05, 0) is 36.1 Å². The zero-order valence-corrected chi connectivity index (χ0v) is 13.2. The van der Waals surface area contributed by atoms with Gasteiger partial charge in [-0.3, -0.25) is 0 Å². The Kier molecular flexibility index (Phi) is 4.95. The minimum Gasteiger partial charge on any atom is -0.330 e. The fourth-order valence-corrected chi connectivity index (χ4v) is 2.92. The van der Waals surface area contributed by atoms with Crippen LogP contribution in [0.1, 0.15) is 24.5 Å². The molecule has 0 saturated heterocycles. The van der Waals surface area contributed by atoms with Crippen LogP contribution >= 0.6 is 15.9 Å². The molecule has 0 saturated carbocycles. The Hall–Kier alpha value is -1.19. The SMILES string of the molecule is CCC(CN)(Cc1ccc(Br)cc1F)c1ccccc1. The van der Waals surface area contributed by atoms with Gasteiger partial charge in [0, 0.05) is 16.4 Å². The second-order valence-corrected chi connectivity index (χ2v) is 6.03. The van der Waals surface area contributed by atoms with Gasteiger partial charge in [0.2, 0.25) is 0 Å². The maximum Gasteiger partial charge on any atom is 0.127 e. The van der Waals surface area contributed by atoms with Crippen molar-refractivity contribution in [2.24, 2.45) is 5.73 Å². The van der Waals surface area contributed by atoms with Crippen LogP contribution in [0.5, 0.6) is 0 Å². The van der Waals surface area contributed by atoms with E-state index in [0.717, 1.165) is 10.9 Å². The van der Waals surface area contributed by atoms with Crippen LogP contribution in [0, 0.1) is 5.82 Å². The molecule has 0 aliphatic rings. The third kappa shape index (κ3) is 3.10. The van der Waals surface area contributed by atoms with Crippen LogP contribution in [0.2, 0.25) is 0 Å². The molecule has 0 spiro atoms. The van der Waals surface area contributed by atoms with Crippen LogP contribution in [-0.4, -0.2) is 6.54 Å². The van der Waals surface area contributed by atoms with Gasteiger partial charge in [0.25, 0.3) is 0 Å². The molecule has 2 aromatic rings. The zero-order valence-electron chi connectivity index (χ0n) is 11.6. The second kappa shape index (κ2) is 6.51. The molecule has 0 amide bonds. The molecule has 2 aromatic carbocycles. The Morgan fingerprint density at radius 3 is 2.40 bits per heavy atom. The van der Waals surface area contributed by atoms with Crippen LogP contribution in [-0.2, 0) is 11.8 Å². The lowest BCUT2D eigenvalue weighted by Crippen LogP contribution is -2.37. The molecule has 1 nitrogen and oxygen atoms in total. The van der Waals surface area contributed by atoms with Gasteiger partial charge in [-0.25, -0.2) is 4.39 Å². The molecule has 106 valence electrons. The molecular weight excluding hydrogens is 317 g/mol. The third-order valence-corrected chi connectivity index (χ3v) is 4.49. The predicted molar refractivity (Wildman–Crippen MR) is 85.3 cm³/mol. The summed E-state index contributed by atoms with van der Waals surface area (Å²) in [4.78, 5) is 0. The number of hydrogen-bond donors (Lipinski definition) is 1. The summed E-state index contributed by atoms with van der Waals surface area (Å²) in [5, 5.41) is 0. The summed E-state index contributed by atoms with van der Waals surface area (Å²) < 4.78 is 14.9. The molecule has 0 fully saturated rings. The van der Waals surface area contributed by atoms with E-state index >= 15 is 0 Å². The van der Waals surface area contributed by atoms with Gasteiger partial charge in [-0.15, -0.1) is 0 Å². The summed E-state index contributed by atoms with van der Waals surface area (Å²) in [7, 11) is 0. The van der Waals surface area contributed by atoms with Gasteiger partial charge in [0.15, 0.2) is 0 Å². The van der Waals surface area contributed by atoms with Crippen molar-refractivity contribution in [3.05, 3.63) is 69.9 Å². The summed E-state index contributed by atoms with van der Waals surface area (Å²) in [5.74, 6) is -0.179. The Balaban J connectivity index is 2.39. The maximum atomic E-state index is 14.1. The fraction of sp³-hybridized carbons (Fsp3) is 0.294. The van der Waals surface area contributed by atoms with Gasteiger partial charge < -0.3 is 5.73 Å². The van der Waals surface area contributed by atoms with Crippen molar-refractivity contribution in [1.29, 1.82) is 0 Å². The van der Waals surface area contributed by atoms with Crippen molar-refractivity contribution < 1.29 is 4.39 Å². The Labute approximate surface area is 128 Å². The molecule has 2 rings (SSSR count). The third-order valence-electron chi connectivity index (χ3n) is 4.00. The average molecular weight is 336 g/mol. The molecule has 0 radical (unpaired) electrons. The lowest BCUT2D eigenvalue weighted by Gasteiger charge is -2.32. The van der Waals surface area contributed by atoms with Gasteiger partial charge >= 0.3 is 0 Å². The van der Waals surface area contributed by atoms with E-state index in [-0.39, 0.29) is 11.2 Å². The number of nitrogens with two attached hydrogens (primary N) is 1. The molecule has 0 heterocycles. The van der Waals surface area contributed by atoms with E-state index in [1.807, 2.05) is 30.3 Å². The first-order chi connectivity index (χ1) is 9.61. The smallest absolute Gasteiger partial charge is 0.127 e. The zero-order chi connectivity index (χ0) is 14.6. The summed E-state index contributed by atoms with van der Waals surface area (Å²) in [6.45, 7) is 2.61. The molecule has 1 atom stereocenters. The van der Waals surface area contributed by atoms with Crippen LogP contribution in [0.25, 0.3) is 0 Å². The summed E-state index contributed by atoms with van der Waals surface area (Å²) in [6, 6.07) is 15.4. The van der Waals surface area contributed by atoms with Gasteiger partial charge in [0.05, 0.1) is 0 Å². The quantitative estimate of drug-likeness (QED) is 0.858. The van der Waals surface area contributed by atoms with Gasteiger partial charge in [0.1, 0.15) is 5.82 Å². The Bertz CT molecular complexity index is 564. The molecule has 3 heteroatoms. The van der Waals surface area contributed by atoms with Crippen molar-refractivity contribution in [1.82, 2.24) is 0 Å². The Morgan fingerprint density at radius 2 is 1.85 bits per heavy atom. The summed E-state index contributed by atoms with van der Waals surface area (Å²) in [6.07, 6.45) is 1.49. The van der Waals surface area contributed by atoms with Crippen LogP contribution < -0.4 is 5.73 Å². The molecule has 0 bridgehead atoms. The Morgan fingerprint density at radius 1 is 1.15 bits per heavy atom. The average Bonchev–Trinajstić information content (AvgIpc) is 2.48. The molecular formula is C17H19BrFN. The van der Waals surface area contributed by atoms with Crippen LogP contribution in [0.4, 0.5) is 4.39 Å². The predicted octanol–water partition coefficient (Wildman–Crippen LogP) is 4.44. The van der Waals surface area contributed by atoms with Crippen LogP contribution in [0.3, 0.4) is 0 Å². The summed E-state index contributed by atoms with van der Waals surface area (Å²) in [5.41, 5.74) is 7.72. The lowest BCUT2D eigenvalue weighted by atomic mass is 9.73. The van der Waals surface area contributed by atoms with E-state index in [1.165, 1.54) is 11.6 Å². The first kappa shape index (κ1) is 15.2. The van der Waals surface area contributed by atoms with E-state index in [4.69, 9.17) is 5.73 Å². The van der Waals surface area contributed by atoms with Crippen molar-refractivity contribution in [3.63, 3.8) is 0 Å². The topological polar surface area (TPSA) is 26.0 Å². The highest BCUT2D eigenvalue weighted by Crippen LogP contribution is 2.32. The minimum absolute atomic E-state index is 0.179. The van der Waals surface area contributed by atoms with E-state index in [9.17, 15) is 4.39 Å². The molecule has 0 aliphatic heterocycles. The monoisotopic (exact) mass is 335 g/mol. The van der Waals surface area contributed by atoms with Gasteiger partial charge in [-0.1, -0.05) is 59.3 Å². The molecule has 1 unspecified atom stereocenters. The number of hydrogen-bond acceptors (Lipinski definition) is 1. The van der Waals surface area contributed by atoms with Crippen molar-refractivity contribution in [2.45, 2.75) is 25.2 Å².